The van der Waals surface area contributed by atoms with Crippen LogP contribution in [-0.2, 0) is 11.2 Å². The van der Waals surface area contributed by atoms with E-state index < -0.39 is 0 Å². The van der Waals surface area contributed by atoms with Crippen molar-refractivity contribution in [2.75, 3.05) is 24.6 Å². The summed E-state index contributed by atoms with van der Waals surface area (Å²) in [6.45, 7) is 4.34. The number of amides is 1. The first-order valence-electron chi connectivity index (χ1n) is 11.4. The summed E-state index contributed by atoms with van der Waals surface area (Å²) in [5.41, 5.74) is 3.67. The van der Waals surface area contributed by atoms with E-state index >= 15 is 0 Å². The highest BCUT2D eigenvalue weighted by atomic mass is 32.1. The molecule has 2 aliphatic rings. The molecule has 1 aliphatic carbocycles. The zero-order valence-corrected chi connectivity index (χ0v) is 18.8. The SMILES string of the molecule is CCOc1ccc2nc(N3CCC[C@@H](C(=O)N[C@@H]4CCCc5ccccc54)C3)sc2c1. The Morgan fingerprint density at radius 1 is 1.23 bits per heavy atom. The van der Waals surface area contributed by atoms with Crippen molar-refractivity contribution in [3.05, 3.63) is 53.6 Å². The van der Waals surface area contributed by atoms with E-state index in [9.17, 15) is 4.79 Å². The molecule has 0 bridgehead atoms. The lowest BCUT2D eigenvalue weighted by Gasteiger charge is -2.33. The molecule has 2 aromatic carbocycles. The van der Waals surface area contributed by atoms with Gasteiger partial charge < -0.3 is 15.0 Å². The highest BCUT2D eigenvalue weighted by Crippen LogP contribution is 2.34. The van der Waals surface area contributed by atoms with Crippen molar-refractivity contribution in [2.45, 2.75) is 45.1 Å². The van der Waals surface area contributed by atoms with Crippen LogP contribution in [0.2, 0.25) is 0 Å². The van der Waals surface area contributed by atoms with Crippen LogP contribution < -0.4 is 15.0 Å². The maximum atomic E-state index is 13.2. The Morgan fingerprint density at radius 2 is 2.13 bits per heavy atom. The lowest BCUT2D eigenvalue weighted by atomic mass is 9.87. The quantitative estimate of drug-likeness (QED) is 0.605. The van der Waals surface area contributed by atoms with Crippen LogP contribution in [0.25, 0.3) is 10.2 Å². The van der Waals surface area contributed by atoms with Crippen molar-refractivity contribution in [3.8, 4) is 5.75 Å². The molecule has 2 heterocycles. The van der Waals surface area contributed by atoms with Crippen LogP contribution in [-0.4, -0.2) is 30.6 Å². The Balaban J connectivity index is 1.28. The second kappa shape index (κ2) is 8.87. The highest BCUT2D eigenvalue weighted by Gasteiger charge is 2.30. The predicted molar refractivity (Wildman–Crippen MR) is 126 cm³/mol. The van der Waals surface area contributed by atoms with Crippen LogP contribution >= 0.6 is 11.3 Å². The first-order chi connectivity index (χ1) is 15.2. The van der Waals surface area contributed by atoms with Gasteiger partial charge >= 0.3 is 0 Å². The molecule has 1 N–H and O–H groups in total. The summed E-state index contributed by atoms with van der Waals surface area (Å²) in [6.07, 6.45) is 5.23. The number of nitrogens with one attached hydrogen (secondary N) is 1. The zero-order chi connectivity index (χ0) is 21.2. The summed E-state index contributed by atoms with van der Waals surface area (Å²) in [6, 6.07) is 14.7. The third kappa shape index (κ3) is 4.26. The Hall–Kier alpha value is -2.60. The predicted octanol–water partition coefficient (Wildman–Crippen LogP) is 5.11. The summed E-state index contributed by atoms with van der Waals surface area (Å²) in [4.78, 5) is 20.3. The minimum absolute atomic E-state index is 0.00818. The van der Waals surface area contributed by atoms with Gasteiger partial charge in [-0.05, 0) is 68.4 Å². The molecule has 162 valence electrons. The van der Waals surface area contributed by atoms with E-state index in [2.05, 4.69) is 40.5 Å². The van der Waals surface area contributed by atoms with Gasteiger partial charge in [0.2, 0.25) is 5.91 Å². The first-order valence-corrected chi connectivity index (χ1v) is 12.2. The van der Waals surface area contributed by atoms with Gasteiger partial charge in [-0.1, -0.05) is 35.6 Å². The summed E-state index contributed by atoms with van der Waals surface area (Å²) in [5, 5.41) is 4.37. The van der Waals surface area contributed by atoms with E-state index in [4.69, 9.17) is 9.72 Å². The summed E-state index contributed by atoms with van der Waals surface area (Å²) < 4.78 is 6.76. The molecule has 1 fully saturated rings. The molecule has 1 amide bonds. The molecule has 2 atom stereocenters. The zero-order valence-electron chi connectivity index (χ0n) is 18.0. The van der Waals surface area contributed by atoms with Gasteiger partial charge in [-0.15, -0.1) is 0 Å². The molecule has 1 aliphatic heterocycles. The average Bonchev–Trinajstić information content (AvgIpc) is 3.23. The fourth-order valence-corrected chi connectivity index (χ4v) is 5.87. The largest absolute Gasteiger partial charge is 0.494 e. The molecule has 6 heteroatoms. The number of carbonyl (C=O) groups is 1. The smallest absolute Gasteiger partial charge is 0.225 e. The fourth-order valence-electron chi connectivity index (χ4n) is 4.84. The number of rotatable bonds is 5. The maximum absolute atomic E-state index is 13.2. The number of ether oxygens (including phenoxy) is 1. The molecule has 0 saturated carbocycles. The normalized spacial score (nSPS) is 21.0. The van der Waals surface area contributed by atoms with Crippen molar-refractivity contribution >= 4 is 32.6 Å². The number of anilines is 1. The van der Waals surface area contributed by atoms with Gasteiger partial charge in [-0.2, -0.15) is 0 Å². The molecule has 31 heavy (non-hydrogen) atoms. The fraction of sp³-hybridized carbons (Fsp3) is 0.440. The second-order valence-electron chi connectivity index (χ2n) is 8.50. The molecular weight excluding hydrogens is 406 g/mol. The Morgan fingerprint density at radius 3 is 3.03 bits per heavy atom. The van der Waals surface area contributed by atoms with Gasteiger partial charge in [0.25, 0.3) is 0 Å². The van der Waals surface area contributed by atoms with Crippen molar-refractivity contribution in [1.29, 1.82) is 0 Å². The van der Waals surface area contributed by atoms with Crippen molar-refractivity contribution < 1.29 is 9.53 Å². The van der Waals surface area contributed by atoms with Gasteiger partial charge in [-0.25, -0.2) is 4.98 Å². The highest BCUT2D eigenvalue weighted by molar-refractivity contribution is 7.22. The average molecular weight is 436 g/mol. The first kappa shape index (κ1) is 20.3. The molecule has 1 saturated heterocycles. The molecule has 3 aromatic rings. The third-order valence-corrected chi connectivity index (χ3v) is 7.49. The minimum atomic E-state index is 0.00818. The molecule has 5 rings (SSSR count). The van der Waals surface area contributed by atoms with E-state index in [0.29, 0.717) is 6.61 Å². The van der Waals surface area contributed by atoms with E-state index in [-0.39, 0.29) is 17.9 Å². The monoisotopic (exact) mass is 435 g/mol. The number of hydrogen-bond acceptors (Lipinski definition) is 5. The molecule has 0 unspecified atom stereocenters. The number of nitrogens with zero attached hydrogens (tertiary/aromatic N) is 2. The Bertz CT molecular complexity index is 1080. The lowest BCUT2D eigenvalue weighted by molar-refractivity contribution is -0.126. The number of hydrogen-bond donors (Lipinski definition) is 1. The molecular formula is C25H29N3O2S. The number of benzene rings is 2. The van der Waals surface area contributed by atoms with Crippen LogP contribution in [0.1, 0.15) is 49.8 Å². The number of piperidine rings is 1. The molecule has 0 radical (unpaired) electrons. The standard InChI is InChI=1S/C25H29N3O2S/c1-2-30-19-12-13-22-23(15-19)31-25(27-22)28-14-6-9-18(16-28)24(29)26-21-11-5-8-17-7-3-4-10-20(17)21/h3-4,7,10,12-13,15,18,21H,2,5-6,8-9,11,14,16H2,1H3,(H,26,29)/t18-,21-/m1/s1. The van der Waals surface area contributed by atoms with E-state index in [0.717, 1.165) is 66.3 Å². The number of thiazole rings is 1. The number of carbonyl (C=O) groups excluding carboxylic acids is 1. The molecule has 5 nitrogen and oxygen atoms in total. The third-order valence-electron chi connectivity index (χ3n) is 6.41. The van der Waals surface area contributed by atoms with Crippen LogP contribution in [0.5, 0.6) is 5.75 Å². The Labute approximate surface area is 187 Å². The van der Waals surface area contributed by atoms with Crippen LogP contribution in [0.4, 0.5) is 5.13 Å². The van der Waals surface area contributed by atoms with Crippen LogP contribution in [0, 0.1) is 5.92 Å². The van der Waals surface area contributed by atoms with E-state index in [1.54, 1.807) is 11.3 Å². The minimum Gasteiger partial charge on any atom is -0.494 e. The van der Waals surface area contributed by atoms with Gasteiger partial charge in [0.15, 0.2) is 5.13 Å². The van der Waals surface area contributed by atoms with Gasteiger partial charge in [0.1, 0.15) is 5.75 Å². The topological polar surface area (TPSA) is 54.5 Å². The summed E-state index contributed by atoms with van der Waals surface area (Å²) in [7, 11) is 0. The van der Waals surface area contributed by atoms with E-state index in [1.165, 1.54) is 11.1 Å². The van der Waals surface area contributed by atoms with Crippen molar-refractivity contribution in [1.82, 2.24) is 10.3 Å². The van der Waals surface area contributed by atoms with Crippen molar-refractivity contribution in [3.63, 3.8) is 0 Å². The van der Waals surface area contributed by atoms with Crippen LogP contribution in [0.3, 0.4) is 0 Å². The van der Waals surface area contributed by atoms with Gasteiger partial charge in [-0.3, -0.25) is 4.79 Å². The number of aromatic nitrogens is 1. The van der Waals surface area contributed by atoms with Gasteiger partial charge in [0, 0.05) is 13.1 Å². The second-order valence-corrected chi connectivity index (χ2v) is 9.51. The van der Waals surface area contributed by atoms with Crippen LogP contribution in [0.15, 0.2) is 42.5 Å². The summed E-state index contributed by atoms with van der Waals surface area (Å²) >= 11 is 1.69. The van der Waals surface area contributed by atoms with Gasteiger partial charge in [0.05, 0.1) is 28.8 Å². The Kier molecular flexibility index (Phi) is 5.81. The maximum Gasteiger partial charge on any atom is 0.225 e. The summed E-state index contributed by atoms with van der Waals surface area (Å²) in [5.74, 6) is 1.08. The van der Waals surface area contributed by atoms with Crippen molar-refractivity contribution in [2.24, 2.45) is 5.92 Å². The number of aryl methyl sites for hydroxylation is 1. The molecule has 0 spiro atoms. The van der Waals surface area contributed by atoms with E-state index in [1.807, 2.05) is 19.1 Å². The number of fused-ring (bicyclic) bond motifs is 2. The molecule has 1 aromatic heterocycles. The lowest BCUT2D eigenvalue weighted by Crippen LogP contribution is -2.44.